The molecule has 0 heterocycles. The van der Waals surface area contributed by atoms with Crippen molar-refractivity contribution in [3.05, 3.63) is 53.3 Å². The zero-order chi connectivity index (χ0) is 13.8. The molecule has 98 valence electrons. The second-order valence-corrected chi connectivity index (χ2v) is 4.16. The molecule has 2 aromatic carbocycles. The quantitative estimate of drug-likeness (QED) is 0.783. The van der Waals surface area contributed by atoms with Gasteiger partial charge in [-0.15, -0.1) is 0 Å². The number of phenols is 1. The summed E-state index contributed by atoms with van der Waals surface area (Å²) in [6.07, 6.45) is 0. The van der Waals surface area contributed by atoms with Gasteiger partial charge in [-0.25, -0.2) is 9.18 Å². The fourth-order valence-corrected chi connectivity index (χ4v) is 1.53. The van der Waals surface area contributed by atoms with Gasteiger partial charge in [-0.05, 0) is 36.4 Å². The number of halogens is 2. The summed E-state index contributed by atoms with van der Waals surface area (Å²) in [7, 11) is 0. The van der Waals surface area contributed by atoms with Gasteiger partial charge in [0, 0.05) is 17.4 Å². The third-order valence-corrected chi connectivity index (χ3v) is 2.63. The number of carbonyl (C=O) groups is 1. The van der Waals surface area contributed by atoms with Crippen LogP contribution in [0.5, 0.6) is 5.75 Å². The molecule has 0 spiro atoms. The Hall–Kier alpha value is -2.27. The van der Waals surface area contributed by atoms with E-state index in [1.165, 1.54) is 36.4 Å². The molecule has 3 N–H and O–H groups in total. The summed E-state index contributed by atoms with van der Waals surface area (Å²) in [6.45, 7) is 0. The first-order chi connectivity index (χ1) is 9.04. The third-order valence-electron chi connectivity index (χ3n) is 2.31. The number of carbonyl (C=O) groups excluding carboxylic acids is 1. The fraction of sp³-hybridized carbons (Fsp3) is 0. The summed E-state index contributed by atoms with van der Waals surface area (Å²) >= 11 is 5.65. The highest BCUT2D eigenvalue weighted by Gasteiger charge is 2.05. The van der Waals surface area contributed by atoms with Crippen molar-refractivity contribution < 1.29 is 14.3 Å². The van der Waals surface area contributed by atoms with Crippen molar-refractivity contribution in [2.24, 2.45) is 0 Å². The van der Waals surface area contributed by atoms with Gasteiger partial charge in [-0.2, -0.15) is 0 Å². The van der Waals surface area contributed by atoms with E-state index in [4.69, 9.17) is 11.6 Å². The number of rotatable bonds is 2. The van der Waals surface area contributed by atoms with Crippen LogP contribution in [0.15, 0.2) is 42.5 Å². The predicted molar refractivity (Wildman–Crippen MR) is 72.2 cm³/mol. The number of aromatic hydroxyl groups is 1. The summed E-state index contributed by atoms with van der Waals surface area (Å²) in [5.74, 6) is -0.505. The maximum absolute atomic E-state index is 12.7. The molecule has 0 fully saturated rings. The van der Waals surface area contributed by atoms with E-state index in [2.05, 4.69) is 10.6 Å². The standard InChI is InChI=1S/C13H10ClFN2O2/c14-11-6-5-10(7-12(11)18)17-13(19)16-9-3-1-8(15)2-4-9/h1-7,18H,(H2,16,17,19). The molecule has 0 aliphatic heterocycles. The molecule has 0 saturated heterocycles. The van der Waals surface area contributed by atoms with Crippen LogP contribution in [0.2, 0.25) is 5.02 Å². The molecule has 6 heteroatoms. The van der Waals surface area contributed by atoms with Gasteiger partial charge in [-0.1, -0.05) is 11.6 Å². The smallest absolute Gasteiger partial charge is 0.323 e. The topological polar surface area (TPSA) is 61.4 Å². The molecule has 2 rings (SSSR count). The van der Waals surface area contributed by atoms with Crippen LogP contribution < -0.4 is 10.6 Å². The van der Waals surface area contributed by atoms with Gasteiger partial charge in [0.05, 0.1) is 5.02 Å². The molecule has 0 radical (unpaired) electrons. The number of amides is 2. The molecule has 19 heavy (non-hydrogen) atoms. The van der Waals surface area contributed by atoms with Crippen LogP contribution in [-0.4, -0.2) is 11.1 Å². The predicted octanol–water partition coefficient (Wildman–Crippen LogP) is 3.83. The van der Waals surface area contributed by atoms with Crippen LogP contribution >= 0.6 is 11.6 Å². The minimum absolute atomic E-state index is 0.124. The summed E-state index contributed by atoms with van der Waals surface area (Å²) in [5, 5.41) is 14.6. The van der Waals surface area contributed by atoms with E-state index in [1.807, 2.05) is 0 Å². The van der Waals surface area contributed by atoms with Crippen LogP contribution in [-0.2, 0) is 0 Å². The maximum Gasteiger partial charge on any atom is 0.323 e. The maximum atomic E-state index is 12.7. The van der Waals surface area contributed by atoms with Crippen molar-refractivity contribution in [3.8, 4) is 5.75 Å². The van der Waals surface area contributed by atoms with Gasteiger partial charge in [0.2, 0.25) is 0 Å². The van der Waals surface area contributed by atoms with Crippen LogP contribution in [0, 0.1) is 5.82 Å². The number of hydrogen-bond donors (Lipinski definition) is 3. The minimum atomic E-state index is -0.506. The lowest BCUT2D eigenvalue weighted by atomic mass is 10.3. The van der Waals surface area contributed by atoms with E-state index in [-0.39, 0.29) is 16.6 Å². The Bertz CT molecular complexity index is 602. The van der Waals surface area contributed by atoms with Crippen LogP contribution in [0.25, 0.3) is 0 Å². The van der Waals surface area contributed by atoms with Crippen molar-refractivity contribution >= 4 is 29.0 Å². The lowest BCUT2D eigenvalue weighted by molar-refractivity contribution is 0.262. The fourth-order valence-electron chi connectivity index (χ4n) is 1.42. The average Bonchev–Trinajstić information content (AvgIpc) is 2.37. The van der Waals surface area contributed by atoms with Crippen molar-refractivity contribution in [2.75, 3.05) is 10.6 Å². The van der Waals surface area contributed by atoms with Gasteiger partial charge < -0.3 is 15.7 Å². The number of hydrogen-bond acceptors (Lipinski definition) is 2. The Morgan fingerprint density at radius 3 is 2.26 bits per heavy atom. The lowest BCUT2D eigenvalue weighted by Crippen LogP contribution is -2.19. The Labute approximate surface area is 113 Å². The molecule has 0 atom stereocenters. The molecular weight excluding hydrogens is 271 g/mol. The molecule has 0 aliphatic rings. The number of phenolic OH excluding ortho intramolecular Hbond substituents is 1. The molecule has 2 amide bonds. The molecule has 0 aliphatic carbocycles. The summed E-state index contributed by atoms with van der Waals surface area (Å²) in [5.41, 5.74) is 0.846. The molecule has 0 saturated carbocycles. The van der Waals surface area contributed by atoms with E-state index in [9.17, 15) is 14.3 Å². The van der Waals surface area contributed by atoms with Crippen LogP contribution in [0.3, 0.4) is 0 Å². The molecule has 0 unspecified atom stereocenters. The Kier molecular flexibility index (Phi) is 3.87. The van der Waals surface area contributed by atoms with Crippen molar-refractivity contribution in [3.63, 3.8) is 0 Å². The zero-order valence-electron chi connectivity index (χ0n) is 9.65. The van der Waals surface area contributed by atoms with Gasteiger partial charge in [0.15, 0.2) is 0 Å². The Morgan fingerprint density at radius 2 is 1.63 bits per heavy atom. The Morgan fingerprint density at radius 1 is 1.05 bits per heavy atom. The van der Waals surface area contributed by atoms with E-state index < -0.39 is 6.03 Å². The summed E-state index contributed by atoms with van der Waals surface area (Å²) in [4.78, 5) is 11.6. The second kappa shape index (κ2) is 5.58. The average molecular weight is 281 g/mol. The molecule has 2 aromatic rings. The van der Waals surface area contributed by atoms with Crippen molar-refractivity contribution in [1.82, 2.24) is 0 Å². The number of benzene rings is 2. The number of nitrogens with one attached hydrogen (secondary N) is 2. The highest BCUT2D eigenvalue weighted by Crippen LogP contribution is 2.26. The Balaban J connectivity index is 2.01. The lowest BCUT2D eigenvalue weighted by Gasteiger charge is -2.08. The van der Waals surface area contributed by atoms with Gasteiger partial charge >= 0.3 is 6.03 Å². The van der Waals surface area contributed by atoms with E-state index in [0.717, 1.165) is 0 Å². The molecule has 0 aromatic heterocycles. The third kappa shape index (κ3) is 3.59. The molecule has 4 nitrogen and oxygen atoms in total. The first-order valence-electron chi connectivity index (χ1n) is 5.37. The highest BCUT2D eigenvalue weighted by molar-refractivity contribution is 6.32. The van der Waals surface area contributed by atoms with Gasteiger partial charge in [-0.3, -0.25) is 0 Å². The largest absolute Gasteiger partial charge is 0.506 e. The summed E-state index contributed by atoms with van der Waals surface area (Å²) < 4.78 is 12.7. The molecular formula is C13H10ClFN2O2. The van der Waals surface area contributed by atoms with Crippen molar-refractivity contribution in [1.29, 1.82) is 0 Å². The van der Waals surface area contributed by atoms with Gasteiger partial charge in [0.25, 0.3) is 0 Å². The minimum Gasteiger partial charge on any atom is -0.506 e. The first-order valence-corrected chi connectivity index (χ1v) is 5.74. The molecule has 0 bridgehead atoms. The van der Waals surface area contributed by atoms with E-state index >= 15 is 0 Å². The van der Waals surface area contributed by atoms with Crippen LogP contribution in [0.4, 0.5) is 20.6 Å². The monoisotopic (exact) mass is 280 g/mol. The number of anilines is 2. The SMILES string of the molecule is O=C(Nc1ccc(F)cc1)Nc1ccc(Cl)c(O)c1. The summed E-state index contributed by atoms with van der Waals surface area (Å²) in [6, 6.07) is 9.19. The highest BCUT2D eigenvalue weighted by atomic mass is 35.5. The van der Waals surface area contributed by atoms with Crippen molar-refractivity contribution in [2.45, 2.75) is 0 Å². The van der Waals surface area contributed by atoms with Crippen LogP contribution in [0.1, 0.15) is 0 Å². The normalized spacial score (nSPS) is 10.0. The second-order valence-electron chi connectivity index (χ2n) is 3.75. The van der Waals surface area contributed by atoms with Gasteiger partial charge in [0.1, 0.15) is 11.6 Å². The first kappa shape index (κ1) is 13.2. The zero-order valence-corrected chi connectivity index (χ0v) is 10.4. The number of urea groups is 1. The van der Waals surface area contributed by atoms with E-state index in [0.29, 0.717) is 11.4 Å². The van der Waals surface area contributed by atoms with E-state index in [1.54, 1.807) is 6.07 Å².